The molecule has 2 N–H and O–H groups in total. The summed E-state index contributed by atoms with van der Waals surface area (Å²) in [6, 6.07) is 26.5. The molecule has 4 rings (SSSR count). The zero-order valence-corrected chi connectivity index (χ0v) is 17.3. The second-order valence-electron chi connectivity index (χ2n) is 7.59. The van der Waals surface area contributed by atoms with Crippen LogP contribution in [0.5, 0.6) is 0 Å². The Bertz CT molecular complexity index is 990. The third kappa shape index (κ3) is 5.35. The van der Waals surface area contributed by atoms with Crippen molar-refractivity contribution in [3.63, 3.8) is 0 Å². The first-order valence-electron chi connectivity index (χ1n) is 10.5. The number of quaternary nitrogens is 1. The van der Waals surface area contributed by atoms with Gasteiger partial charge in [0, 0.05) is 11.1 Å². The van der Waals surface area contributed by atoms with E-state index in [2.05, 4.69) is 10.5 Å². The Kier molecular flexibility index (Phi) is 6.69. The lowest BCUT2D eigenvalue weighted by molar-refractivity contribution is -0.892. The Morgan fingerprint density at radius 1 is 0.871 bits per heavy atom. The van der Waals surface area contributed by atoms with Gasteiger partial charge in [0.2, 0.25) is 0 Å². The van der Waals surface area contributed by atoms with E-state index in [1.807, 2.05) is 71.6 Å². The van der Waals surface area contributed by atoms with Gasteiger partial charge in [-0.2, -0.15) is 5.10 Å². The van der Waals surface area contributed by atoms with Gasteiger partial charge in [0.1, 0.15) is 5.82 Å². The molecule has 1 fully saturated rings. The van der Waals surface area contributed by atoms with E-state index in [9.17, 15) is 9.18 Å². The van der Waals surface area contributed by atoms with Crippen LogP contribution in [-0.2, 0) is 4.79 Å². The molecular formula is C25H26FN4O+. The van der Waals surface area contributed by atoms with E-state index in [0.29, 0.717) is 25.3 Å². The molecule has 0 atom stereocenters. The first kappa shape index (κ1) is 20.8. The fourth-order valence-electron chi connectivity index (χ4n) is 3.82. The number of para-hydroxylation sites is 1. The molecule has 1 aliphatic rings. The van der Waals surface area contributed by atoms with Crippen molar-refractivity contribution in [3.05, 3.63) is 102 Å². The molecule has 5 nitrogen and oxygen atoms in total. The van der Waals surface area contributed by atoms with Crippen LogP contribution in [0.3, 0.4) is 0 Å². The van der Waals surface area contributed by atoms with Gasteiger partial charge in [0.05, 0.1) is 37.6 Å². The largest absolute Gasteiger partial charge is 0.358 e. The molecule has 0 radical (unpaired) electrons. The van der Waals surface area contributed by atoms with Crippen molar-refractivity contribution in [3.8, 4) is 0 Å². The second kappa shape index (κ2) is 10.00. The Morgan fingerprint density at radius 2 is 1.42 bits per heavy atom. The number of hydrogen-bond donors (Lipinski definition) is 2. The van der Waals surface area contributed by atoms with Gasteiger partial charge in [-0.1, -0.05) is 72.8 Å². The number of benzene rings is 3. The maximum Gasteiger partial charge on any atom is 0.295 e. The van der Waals surface area contributed by atoms with Crippen LogP contribution in [0.25, 0.3) is 0 Å². The SMILES string of the molecule is O=C(C[NH+]1CCN(c2ccccc2F)CC1)NN=C(c1ccccc1)c1ccccc1. The number of amides is 1. The monoisotopic (exact) mass is 417 g/mol. The lowest BCUT2D eigenvalue weighted by Gasteiger charge is -2.33. The minimum atomic E-state index is -0.201. The first-order valence-corrected chi connectivity index (χ1v) is 10.5. The summed E-state index contributed by atoms with van der Waals surface area (Å²) in [6.45, 7) is 3.31. The normalized spacial score (nSPS) is 14.2. The maximum absolute atomic E-state index is 14.0. The summed E-state index contributed by atoms with van der Waals surface area (Å²) in [4.78, 5) is 15.8. The predicted molar refractivity (Wildman–Crippen MR) is 121 cm³/mol. The predicted octanol–water partition coefficient (Wildman–Crippen LogP) is 2.10. The molecule has 0 spiro atoms. The van der Waals surface area contributed by atoms with E-state index in [1.54, 1.807) is 12.1 Å². The molecule has 1 heterocycles. The molecule has 6 heteroatoms. The number of nitrogens with zero attached hydrogens (tertiary/aromatic N) is 2. The minimum absolute atomic E-state index is 0.126. The van der Waals surface area contributed by atoms with E-state index in [1.165, 1.54) is 11.0 Å². The molecule has 0 saturated carbocycles. The molecule has 0 aromatic heterocycles. The smallest absolute Gasteiger partial charge is 0.295 e. The summed E-state index contributed by atoms with van der Waals surface area (Å²) in [5.74, 6) is -0.328. The molecule has 0 unspecified atom stereocenters. The fraction of sp³-hybridized carbons (Fsp3) is 0.200. The number of hydrogen-bond acceptors (Lipinski definition) is 3. The molecule has 3 aromatic carbocycles. The Labute approximate surface area is 181 Å². The van der Waals surface area contributed by atoms with E-state index >= 15 is 0 Å². The number of carbonyl (C=O) groups excluding carboxylic acids is 1. The average Bonchev–Trinajstić information content (AvgIpc) is 2.82. The molecule has 1 saturated heterocycles. The molecule has 0 bridgehead atoms. The number of anilines is 1. The average molecular weight is 418 g/mol. The van der Waals surface area contributed by atoms with Gasteiger partial charge in [0.25, 0.3) is 5.91 Å². The second-order valence-corrected chi connectivity index (χ2v) is 7.59. The Balaban J connectivity index is 1.37. The third-order valence-corrected chi connectivity index (χ3v) is 5.46. The van der Waals surface area contributed by atoms with Crippen LogP contribution < -0.4 is 15.2 Å². The lowest BCUT2D eigenvalue weighted by atomic mass is 10.0. The lowest BCUT2D eigenvalue weighted by Crippen LogP contribution is -3.15. The van der Waals surface area contributed by atoms with Gasteiger partial charge in [-0.15, -0.1) is 0 Å². The van der Waals surface area contributed by atoms with Crippen LogP contribution in [0, 0.1) is 5.82 Å². The maximum atomic E-state index is 14.0. The van der Waals surface area contributed by atoms with E-state index in [0.717, 1.165) is 29.9 Å². The van der Waals surface area contributed by atoms with Crippen LogP contribution in [0.4, 0.5) is 10.1 Å². The van der Waals surface area contributed by atoms with Crippen molar-refractivity contribution < 1.29 is 14.1 Å². The van der Waals surface area contributed by atoms with E-state index in [4.69, 9.17) is 0 Å². The van der Waals surface area contributed by atoms with Crippen molar-refractivity contribution in [2.75, 3.05) is 37.6 Å². The van der Waals surface area contributed by atoms with Gasteiger partial charge in [-0.3, -0.25) is 4.79 Å². The quantitative estimate of drug-likeness (QED) is 0.477. The van der Waals surface area contributed by atoms with Crippen LogP contribution in [0.2, 0.25) is 0 Å². The number of piperazine rings is 1. The van der Waals surface area contributed by atoms with E-state index < -0.39 is 0 Å². The first-order chi connectivity index (χ1) is 15.2. The van der Waals surface area contributed by atoms with Crippen molar-refractivity contribution in [2.24, 2.45) is 5.10 Å². The van der Waals surface area contributed by atoms with Gasteiger partial charge < -0.3 is 9.80 Å². The van der Waals surface area contributed by atoms with Crippen molar-refractivity contribution in [1.82, 2.24) is 5.43 Å². The molecule has 1 aliphatic heterocycles. The van der Waals surface area contributed by atoms with Gasteiger partial charge in [-0.25, -0.2) is 9.82 Å². The summed E-state index contributed by atoms with van der Waals surface area (Å²) < 4.78 is 14.0. The third-order valence-electron chi connectivity index (χ3n) is 5.46. The molecule has 31 heavy (non-hydrogen) atoms. The number of halogens is 1. The highest BCUT2D eigenvalue weighted by molar-refractivity contribution is 6.13. The molecule has 1 amide bonds. The van der Waals surface area contributed by atoms with E-state index in [-0.39, 0.29) is 11.7 Å². The number of rotatable bonds is 6. The van der Waals surface area contributed by atoms with Crippen molar-refractivity contribution in [1.29, 1.82) is 0 Å². The summed E-state index contributed by atoms with van der Waals surface area (Å²) in [6.07, 6.45) is 0. The zero-order chi connectivity index (χ0) is 21.5. The standard InChI is InChI=1S/C25H25FN4O/c26-22-13-7-8-14-23(22)30-17-15-29(16-18-30)19-24(31)27-28-25(20-9-3-1-4-10-20)21-11-5-2-6-12-21/h1-14H,15-19H2,(H,27,31)/p+1. The molecule has 3 aromatic rings. The van der Waals surface area contributed by atoms with Crippen LogP contribution >= 0.6 is 0 Å². The minimum Gasteiger partial charge on any atom is -0.358 e. The number of hydrazone groups is 1. The van der Waals surface area contributed by atoms with Crippen molar-refractivity contribution >= 4 is 17.3 Å². The topological polar surface area (TPSA) is 49.1 Å². The van der Waals surface area contributed by atoms with Gasteiger partial charge >= 0.3 is 0 Å². The fourth-order valence-corrected chi connectivity index (χ4v) is 3.82. The van der Waals surface area contributed by atoms with Crippen LogP contribution in [0.1, 0.15) is 11.1 Å². The Hall–Kier alpha value is -3.51. The Morgan fingerprint density at radius 3 is 2.00 bits per heavy atom. The van der Waals surface area contributed by atoms with Crippen molar-refractivity contribution in [2.45, 2.75) is 0 Å². The molecular weight excluding hydrogens is 391 g/mol. The number of nitrogens with one attached hydrogen (secondary N) is 2. The highest BCUT2D eigenvalue weighted by Crippen LogP contribution is 2.18. The van der Waals surface area contributed by atoms with Crippen LogP contribution in [-0.4, -0.2) is 44.3 Å². The molecule has 0 aliphatic carbocycles. The number of carbonyl (C=O) groups is 1. The summed E-state index contributed by atoms with van der Waals surface area (Å²) >= 11 is 0. The summed E-state index contributed by atoms with van der Waals surface area (Å²) in [5.41, 5.74) is 5.98. The highest BCUT2D eigenvalue weighted by Gasteiger charge is 2.23. The summed E-state index contributed by atoms with van der Waals surface area (Å²) in [5, 5.41) is 4.45. The molecule has 158 valence electrons. The summed E-state index contributed by atoms with van der Waals surface area (Å²) in [7, 11) is 0. The zero-order valence-electron chi connectivity index (χ0n) is 17.3. The highest BCUT2D eigenvalue weighted by atomic mass is 19.1. The van der Waals surface area contributed by atoms with Crippen LogP contribution in [0.15, 0.2) is 90.0 Å². The van der Waals surface area contributed by atoms with Gasteiger partial charge in [0.15, 0.2) is 6.54 Å². The van der Waals surface area contributed by atoms with Gasteiger partial charge in [-0.05, 0) is 12.1 Å².